The largest absolute Gasteiger partial charge is 0.300 e. The molecule has 0 amide bonds. The lowest BCUT2D eigenvalue weighted by atomic mass is 9.72. The molecular weight excluding hydrogens is 184 g/mol. The molecule has 0 N–H and O–H groups in total. The van der Waals surface area contributed by atoms with E-state index >= 15 is 0 Å². The summed E-state index contributed by atoms with van der Waals surface area (Å²) in [6.07, 6.45) is 7.81. The maximum absolute atomic E-state index is 10.9. The Balaban J connectivity index is 2.42. The molecule has 0 radical (unpaired) electrons. The molecule has 1 nitrogen and oxygen atoms in total. The van der Waals surface area contributed by atoms with Gasteiger partial charge in [-0.2, -0.15) is 0 Å². The fraction of sp³-hybridized carbons (Fsp3) is 0.786. The molecule has 86 valence electrons. The first-order chi connectivity index (χ1) is 6.89. The van der Waals surface area contributed by atoms with Crippen molar-refractivity contribution in [1.82, 2.24) is 0 Å². The van der Waals surface area contributed by atoms with Crippen LogP contribution in [0.25, 0.3) is 0 Å². The third-order valence-corrected chi connectivity index (χ3v) is 3.53. The summed E-state index contributed by atoms with van der Waals surface area (Å²) in [5.41, 5.74) is 1.94. The van der Waals surface area contributed by atoms with E-state index < -0.39 is 0 Å². The van der Waals surface area contributed by atoms with Gasteiger partial charge in [0.15, 0.2) is 0 Å². The Kier molecular flexibility index (Phi) is 4.12. The summed E-state index contributed by atoms with van der Waals surface area (Å²) >= 11 is 0. The van der Waals surface area contributed by atoms with Crippen LogP contribution in [0.3, 0.4) is 0 Å². The number of rotatable bonds is 3. The van der Waals surface area contributed by atoms with Gasteiger partial charge < -0.3 is 4.79 Å². The van der Waals surface area contributed by atoms with E-state index in [4.69, 9.17) is 0 Å². The average molecular weight is 208 g/mol. The Hall–Kier alpha value is -0.590. The number of allylic oxidation sites excluding steroid dienone is 2. The van der Waals surface area contributed by atoms with E-state index in [0.29, 0.717) is 11.2 Å². The molecule has 15 heavy (non-hydrogen) atoms. The highest BCUT2D eigenvalue weighted by Crippen LogP contribution is 2.37. The Bertz CT molecular complexity index is 255. The van der Waals surface area contributed by atoms with E-state index in [1.807, 2.05) is 0 Å². The predicted molar refractivity (Wildman–Crippen MR) is 64.8 cm³/mol. The summed E-state index contributed by atoms with van der Waals surface area (Å²) in [6.45, 7) is 8.66. The molecule has 0 aromatic rings. The van der Waals surface area contributed by atoms with Crippen molar-refractivity contribution in [3.05, 3.63) is 11.6 Å². The minimum absolute atomic E-state index is 0.314. The van der Waals surface area contributed by atoms with Crippen LogP contribution >= 0.6 is 0 Å². The number of carbonyl (C=O) groups excluding carboxylic acids is 1. The molecule has 0 heterocycles. The second kappa shape index (κ2) is 4.96. The molecule has 1 heteroatoms. The number of ketones is 1. The van der Waals surface area contributed by atoms with Crippen molar-refractivity contribution in [1.29, 1.82) is 0 Å². The van der Waals surface area contributed by atoms with Crippen LogP contribution < -0.4 is 0 Å². The normalized spacial score (nSPS) is 22.4. The maximum atomic E-state index is 10.9. The Morgan fingerprint density at radius 3 is 2.53 bits per heavy atom. The molecule has 0 fully saturated rings. The molecule has 0 saturated heterocycles. The van der Waals surface area contributed by atoms with Crippen molar-refractivity contribution in [3.63, 3.8) is 0 Å². The minimum atomic E-state index is 0.314. The molecule has 0 bridgehead atoms. The zero-order chi connectivity index (χ0) is 11.5. The average Bonchev–Trinajstić information content (AvgIpc) is 2.14. The van der Waals surface area contributed by atoms with Gasteiger partial charge in [-0.1, -0.05) is 32.4 Å². The van der Waals surface area contributed by atoms with Gasteiger partial charge in [0.05, 0.1) is 0 Å². The Morgan fingerprint density at radius 1 is 1.47 bits per heavy atom. The van der Waals surface area contributed by atoms with Crippen LogP contribution in [0.2, 0.25) is 0 Å². The zero-order valence-corrected chi connectivity index (χ0v) is 10.6. The van der Waals surface area contributed by atoms with Crippen LogP contribution in [0.1, 0.15) is 59.8 Å². The molecule has 0 aromatic heterocycles. The van der Waals surface area contributed by atoms with E-state index in [9.17, 15) is 4.79 Å². The van der Waals surface area contributed by atoms with Crippen molar-refractivity contribution >= 4 is 5.78 Å². The van der Waals surface area contributed by atoms with Crippen molar-refractivity contribution < 1.29 is 4.79 Å². The summed E-state index contributed by atoms with van der Waals surface area (Å²) in [4.78, 5) is 10.9. The standard InChI is InChI=1S/C14H24O/c1-11(15)5-6-12-7-9-13(10-8-12)14(2,3)4/h7,13H,5-6,8-10H2,1-4H3. The Morgan fingerprint density at radius 2 is 2.13 bits per heavy atom. The zero-order valence-electron chi connectivity index (χ0n) is 10.6. The van der Waals surface area contributed by atoms with E-state index in [0.717, 1.165) is 18.8 Å². The van der Waals surface area contributed by atoms with Crippen molar-refractivity contribution in [3.8, 4) is 0 Å². The maximum Gasteiger partial charge on any atom is 0.130 e. The SMILES string of the molecule is CC(=O)CCC1=CCC(C(C)(C)C)CC1. The van der Waals surface area contributed by atoms with Gasteiger partial charge in [0.1, 0.15) is 5.78 Å². The van der Waals surface area contributed by atoms with Gasteiger partial charge in [-0.15, -0.1) is 0 Å². The van der Waals surface area contributed by atoms with Crippen LogP contribution in [-0.2, 0) is 4.79 Å². The summed E-state index contributed by atoms with van der Waals surface area (Å²) in [7, 11) is 0. The molecule has 0 aliphatic heterocycles. The number of hydrogen-bond acceptors (Lipinski definition) is 1. The first-order valence-corrected chi connectivity index (χ1v) is 6.07. The number of hydrogen-bond donors (Lipinski definition) is 0. The third kappa shape index (κ3) is 4.19. The Labute approximate surface area is 93.9 Å². The first-order valence-electron chi connectivity index (χ1n) is 6.07. The molecule has 0 spiro atoms. The van der Waals surface area contributed by atoms with Gasteiger partial charge in [-0.25, -0.2) is 0 Å². The quantitative estimate of drug-likeness (QED) is 0.637. The lowest BCUT2D eigenvalue weighted by Gasteiger charge is -2.33. The van der Waals surface area contributed by atoms with Gasteiger partial charge >= 0.3 is 0 Å². The van der Waals surface area contributed by atoms with Crippen molar-refractivity contribution in [2.45, 2.75) is 59.8 Å². The first kappa shape index (κ1) is 12.5. The van der Waals surface area contributed by atoms with Crippen LogP contribution in [-0.4, -0.2) is 5.78 Å². The van der Waals surface area contributed by atoms with E-state index in [1.165, 1.54) is 24.8 Å². The molecule has 0 aromatic carbocycles. The topological polar surface area (TPSA) is 17.1 Å². The lowest BCUT2D eigenvalue weighted by molar-refractivity contribution is -0.116. The van der Waals surface area contributed by atoms with E-state index in [-0.39, 0.29) is 0 Å². The van der Waals surface area contributed by atoms with Crippen LogP contribution in [0.4, 0.5) is 0 Å². The fourth-order valence-corrected chi connectivity index (χ4v) is 2.24. The second-order valence-corrected chi connectivity index (χ2v) is 5.90. The summed E-state index contributed by atoms with van der Waals surface area (Å²) in [6, 6.07) is 0. The predicted octanol–water partition coefficient (Wildman–Crippen LogP) is 4.13. The highest BCUT2D eigenvalue weighted by Gasteiger charge is 2.25. The van der Waals surface area contributed by atoms with Gasteiger partial charge in [0.2, 0.25) is 0 Å². The van der Waals surface area contributed by atoms with Crippen LogP contribution in [0.5, 0.6) is 0 Å². The van der Waals surface area contributed by atoms with Gasteiger partial charge in [-0.3, -0.25) is 0 Å². The molecule has 0 saturated carbocycles. The van der Waals surface area contributed by atoms with Crippen LogP contribution in [0, 0.1) is 11.3 Å². The molecular formula is C14H24O. The molecule has 1 unspecified atom stereocenters. The summed E-state index contributed by atoms with van der Waals surface area (Å²) < 4.78 is 0. The van der Waals surface area contributed by atoms with Crippen LogP contribution in [0.15, 0.2) is 11.6 Å². The lowest BCUT2D eigenvalue weighted by Crippen LogP contribution is -2.22. The minimum Gasteiger partial charge on any atom is -0.300 e. The second-order valence-electron chi connectivity index (χ2n) is 5.90. The van der Waals surface area contributed by atoms with Gasteiger partial charge in [0, 0.05) is 6.42 Å². The van der Waals surface area contributed by atoms with E-state index in [1.54, 1.807) is 6.92 Å². The molecule has 1 rings (SSSR count). The highest BCUT2D eigenvalue weighted by atomic mass is 16.1. The summed E-state index contributed by atoms with van der Waals surface area (Å²) in [5, 5.41) is 0. The molecule has 1 aliphatic carbocycles. The highest BCUT2D eigenvalue weighted by molar-refractivity contribution is 5.75. The van der Waals surface area contributed by atoms with Gasteiger partial charge in [0.25, 0.3) is 0 Å². The molecule has 1 atom stereocenters. The third-order valence-electron chi connectivity index (χ3n) is 3.53. The van der Waals surface area contributed by atoms with Crippen molar-refractivity contribution in [2.24, 2.45) is 11.3 Å². The van der Waals surface area contributed by atoms with E-state index in [2.05, 4.69) is 26.8 Å². The fourth-order valence-electron chi connectivity index (χ4n) is 2.24. The molecule has 1 aliphatic rings. The van der Waals surface area contributed by atoms with Crippen molar-refractivity contribution in [2.75, 3.05) is 0 Å². The van der Waals surface area contributed by atoms with Gasteiger partial charge in [-0.05, 0) is 43.9 Å². The number of carbonyl (C=O) groups is 1. The summed E-state index contributed by atoms with van der Waals surface area (Å²) in [5.74, 6) is 1.13. The number of Topliss-reactive ketones (excluding diaryl/α,β-unsaturated/α-hetero) is 1. The smallest absolute Gasteiger partial charge is 0.130 e. The monoisotopic (exact) mass is 208 g/mol.